The average molecular weight is 440 g/mol. The molecule has 0 aliphatic carbocycles. The number of phenolic OH excluding ortho intramolecular Hbond substituents is 2. The van der Waals surface area contributed by atoms with Crippen molar-refractivity contribution in [2.24, 2.45) is 0 Å². The summed E-state index contributed by atoms with van der Waals surface area (Å²) in [5.74, 6) is 1.05. The fraction of sp³-hybridized carbons (Fsp3) is 0. The summed E-state index contributed by atoms with van der Waals surface area (Å²) in [7, 11) is 0. The fourth-order valence-electron chi connectivity index (χ4n) is 2.56. The van der Waals surface area contributed by atoms with Crippen molar-refractivity contribution in [1.29, 1.82) is 0 Å². The minimum Gasteiger partial charge on any atom is -0.508 e. The number of furan rings is 1. The van der Waals surface area contributed by atoms with Gasteiger partial charge < -0.3 is 14.6 Å². The number of hydrogen-bond donors (Lipinski definition) is 2. The predicted molar refractivity (Wildman–Crippen MR) is 100 cm³/mol. The lowest BCUT2D eigenvalue weighted by Gasteiger charge is -2.07. The molecule has 0 radical (unpaired) electrons. The zero-order valence-electron chi connectivity index (χ0n) is 11.7. The lowest BCUT2D eigenvalue weighted by atomic mass is 10.1. The van der Waals surface area contributed by atoms with Crippen molar-refractivity contribution >= 4 is 56.9 Å². The Hall–Kier alpha value is -1.99. The summed E-state index contributed by atoms with van der Waals surface area (Å²) in [6, 6.07) is 12.5. The highest BCUT2D eigenvalue weighted by Gasteiger charge is 2.15. The Kier molecular flexibility index (Phi) is 4.08. The van der Waals surface area contributed by atoms with Crippen LogP contribution in [0.4, 0.5) is 0 Å². The van der Waals surface area contributed by atoms with Gasteiger partial charge in [0.2, 0.25) is 0 Å². The van der Waals surface area contributed by atoms with Crippen LogP contribution >= 0.6 is 35.0 Å². The van der Waals surface area contributed by atoms with E-state index in [1.165, 1.54) is 0 Å². The molecule has 0 spiro atoms. The highest BCUT2D eigenvalue weighted by molar-refractivity contribution is 14.1. The summed E-state index contributed by atoms with van der Waals surface area (Å²) in [5.41, 5.74) is 2.11. The molecule has 0 saturated carbocycles. The Morgan fingerprint density at radius 1 is 1.04 bits per heavy atom. The van der Waals surface area contributed by atoms with Crippen LogP contribution in [0.3, 0.4) is 0 Å². The molecule has 4 nitrogen and oxygen atoms in total. The predicted octanol–water partition coefficient (Wildman–Crippen LogP) is 5.09. The molecule has 4 aromatic rings. The first kappa shape index (κ1) is 15.9. The standard InChI is InChI=1S/C17H10INO3.ClH/c18-13-8-12(11-2-1-5-19-16(11)17(13)21)15-7-9-6-10(20)3-4-14(9)22-15;/h1-8,20-21H;1H. The lowest BCUT2D eigenvalue weighted by Crippen LogP contribution is -1.86. The Morgan fingerprint density at radius 3 is 2.70 bits per heavy atom. The maximum atomic E-state index is 10.2. The van der Waals surface area contributed by atoms with E-state index >= 15 is 0 Å². The van der Waals surface area contributed by atoms with Gasteiger partial charge in [0, 0.05) is 22.5 Å². The zero-order valence-corrected chi connectivity index (χ0v) is 14.6. The van der Waals surface area contributed by atoms with Gasteiger partial charge in [-0.05, 0) is 59.0 Å². The van der Waals surface area contributed by atoms with Gasteiger partial charge in [-0.15, -0.1) is 12.4 Å². The Bertz CT molecular complexity index is 1030. The van der Waals surface area contributed by atoms with Crippen LogP contribution in [-0.2, 0) is 0 Å². The van der Waals surface area contributed by atoms with Gasteiger partial charge in [0.05, 0.1) is 3.57 Å². The molecule has 0 atom stereocenters. The van der Waals surface area contributed by atoms with Crippen LogP contribution in [-0.4, -0.2) is 15.2 Å². The van der Waals surface area contributed by atoms with Gasteiger partial charge in [0.15, 0.2) is 5.75 Å². The third-order valence-electron chi connectivity index (χ3n) is 3.58. The zero-order chi connectivity index (χ0) is 15.3. The second-order valence-corrected chi connectivity index (χ2v) is 6.15. The Labute approximate surface area is 151 Å². The summed E-state index contributed by atoms with van der Waals surface area (Å²) in [4.78, 5) is 4.26. The molecule has 0 saturated heterocycles. The van der Waals surface area contributed by atoms with Gasteiger partial charge in [-0.2, -0.15) is 0 Å². The van der Waals surface area contributed by atoms with Gasteiger partial charge in [0.25, 0.3) is 0 Å². The number of hydrogen-bond acceptors (Lipinski definition) is 4. The van der Waals surface area contributed by atoms with E-state index in [0.717, 1.165) is 16.3 Å². The molecular weight excluding hydrogens is 429 g/mol. The summed E-state index contributed by atoms with van der Waals surface area (Å²) < 4.78 is 6.60. The van der Waals surface area contributed by atoms with Crippen LogP contribution in [0.1, 0.15) is 0 Å². The smallest absolute Gasteiger partial charge is 0.155 e. The van der Waals surface area contributed by atoms with E-state index in [2.05, 4.69) is 27.6 Å². The van der Waals surface area contributed by atoms with Crippen molar-refractivity contribution in [1.82, 2.24) is 4.98 Å². The molecule has 0 unspecified atom stereocenters. The number of rotatable bonds is 1. The van der Waals surface area contributed by atoms with E-state index < -0.39 is 0 Å². The highest BCUT2D eigenvalue weighted by atomic mass is 127. The molecule has 2 N–H and O–H groups in total. The largest absolute Gasteiger partial charge is 0.508 e. The first-order valence-electron chi connectivity index (χ1n) is 6.62. The van der Waals surface area contributed by atoms with E-state index in [9.17, 15) is 10.2 Å². The summed E-state index contributed by atoms with van der Waals surface area (Å²) in [5, 5.41) is 21.4. The number of aromatic hydroxyl groups is 2. The van der Waals surface area contributed by atoms with Crippen molar-refractivity contribution in [3.8, 4) is 22.8 Å². The Balaban J connectivity index is 0.00000156. The molecular formula is C17H11ClINO3. The topological polar surface area (TPSA) is 66.5 Å². The molecule has 4 rings (SSSR count). The van der Waals surface area contributed by atoms with Gasteiger partial charge in [-0.25, -0.2) is 0 Å². The van der Waals surface area contributed by atoms with Crippen LogP contribution in [0.15, 0.2) is 53.1 Å². The van der Waals surface area contributed by atoms with Crippen molar-refractivity contribution in [2.75, 3.05) is 0 Å². The number of halogens is 2. The maximum Gasteiger partial charge on any atom is 0.155 e. The van der Waals surface area contributed by atoms with E-state index in [0.29, 0.717) is 20.4 Å². The van der Waals surface area contributed by atoms with Gasteiger partial charge in [-0.1, -0.05) is 6.07 Å². The third-order valence-corrected chi connectivity index (χ3v) is 4.41. The van der Waals surface area contributed by atoms with Gasteiger partial charge in [-0.3, -0.25) is 4.98 Å². The second-order valence-electron chi connectivity index (χ2n) is 4.99. The molecule has 0 aliphatic rings. The molecule has 0 fully saturated rings. The fourth-order valence-corrected chi connectivity index (χ4v) is 3.13. The molecule has 2 aromatic carbocycles. The van der Waals surface area contributed by atoms with Crippen molar-refractivity contribution < 1.29 is 14.6 Å². The normalized spacial score (nSPS) is 10.8. The maximum absolute atomic E-state index is 10.2. The van der Waals surface area contributed by atoms with E-state index in [4.69, 9.17) is 4.42 Å². The van der Waals surface area contributed by atoms with Gasteiger partial charge >= 0.3 is 0 Å². The highest BCUT2D eigenvalue weighted by Crippen LogP contribution is 2.38. The summed E-state index contributed by atoms with van der Waals surface area (Å²) in [6.45, 7) is 0. The molecule has 6 heteroatoms. The van der Waals surface area contributed by atoms with Crippen LogP contribution in [0.25, 0.3) is 33.2 Å². The number of nitrogens with zero attached hydrogens (tertiary/aromatic N) is 1. The Morgan fingerprint density at radius 2 is 1.87 bits per heavy atom. The average Bonchev–Trinajstić information content (AvgIpc) is 2.93. The number of aromatic nitrogens is 1. The minimum absolute atomic E-state index is 0. The first-order valence-corrected chi connectivity index (χ1v) is 7.70. The molecule has 0 aliphatic heterocycles. The number of fused-ring (bicyclic) bond motifs is 2. The number of benzene rings is 2. The SMILES string of the molecule is Cl.Oc1ccc2oc(-c3cc(I)c(O)c4ncccc34)cc2c1. The van der Waals surface area contributed by atoms with Crippen molar-refractivity contribution in [3.05, 3.63) is 52.2 Å². The second kappa shape index (κ2) is 5.90. The number of pyridine rings is 1. The molecule has 2 aromatic heterocycles. The van der Waals surface area contributed by atoms with E-state index in [1.807, 2.05) is 24.3 Å². The minimum atomic E-state index is 0. The van der Waals surface area contributed by atoms with Crippen LogP contribution in [0, 0.1) is 3.57 Å². The van der Waals surface area contributed by atoms with E-state index in [-0.39, 0.29) is 23.9 Å². The molecule has 0 bridgehead atoms. The molecule has 0 amide bonds. The monoisotopic (exact) mass is 439 g/mol. The number of phenols is 2. The molecule has 23 heavy (non-hydrogen) atoms. The first-order chi connectivity index (χ1) is 10.6. The van der Waals surface area contributed by atoms with Crippen LogP contribution in [0.2, 0.25) is 0 Å². The molecule has 2 heterocycles. The molecule has 116 valence electrons. The third kappa shape index (κ3) is 2.60. The van der Waals surface area contributed by atoms with Crippen molar-refractivity contribution in [2.45, 2.75) is 0 Å². The van der Waals surface area contributed by atoms with Crippen molar-refractivity contribution in [3.63, 3.8) is 0 Å². The summed E-state index contributed by atoms with van der Waals surface area (Å²) in [6.07, 6.45) is 1.65. The van der Waals surface area contributed by atoms with Crippen LogP contribution < -0.4 is 0 Å². The summed E-state index contributed by atoms with van der Waals surface area (Å²) >= 11 is 2.08. The van der Waals surface area contributed by atoms with Gasteiger partial charge in [0.1, 0.15) is 22.6 Å². The quantitative estimate of drug-likeness (QED) is 0.406. The van der Waals surface area contributed by atoms with E-state index in [1.54, 1.807) is 24.4 Å². The van der Waals surface area contributed by atoms with Crippen LogP contribution in [0.5, 0.6) is 11.5 Å². The lowest BCUT2D eigenvalue weighted by molar-refractivity contribution is 0.475.